The Morgan fingerprint density at radius 1 is 1.22 bits per heavy atom. The van der Waals surface area contributed by atoms with E-state index in [2.05, 4.69) is 35.2 Å². The second-order valence-electron chi connectivity index (χ2n) is 13.2. The van der Waals surface area contributed by atoms with Gasteiger partial charge in [-0.2, -0.15) is 9.67 Å². The highest BCUT2D eigenvalue weighted by molar-refractivity contribution is 8.07. The average Bonchev–Trinajstić information content (AvgIpc) is 3.77. The number of nitrogens with zero attached hydrogens (tertiary/aromatic N) is 8. The fourth-order valence-electron chi connectivity index (χ4n) is 5.41. The summed E-state index contributed by atoms with van der Waals surface area (Å²) in [5.74, 6) is -0.217. The lowest BCUT2D eigenvalue weighted by molar-refractivity contribution is -0.0973. The van der Waals surface area contributed by atoms with Crippen LogP contribution in [-0.2, 0) is 40.5 Å². The topological polar surface area (TPSA) is 279 Å². The van der Waals surface area contributed by atoms with Gasteiger partial charge in [0.1, 0.15) is 30.7 Å². The van der Waals surface area contributed by atoms with Gasteiger partial charge in [0, 0.05) is 0 Å². The predicted octanol–water partition coefficient (Wildman–Crippen LogP) is -0.200. The number of aromatic amines is 1. The Balaban J connectivity index is 1.32. The molecule has 2 unspecified atom stereocenters. The van der Waals surface area contributed by atoms with E-state index in [0.29, 0.717) is 0 Å². The Morgan fingerprint density at radius 2 is 1.96 bits per heavy atom. The van der Waals surface area contributed by atoms with Crippen molar-refractivity contribution in [1.29, 1.82) is 0 Å². The fraction of sp³-hybridized carbons (Fsp3) is 0.640. The van der Waals surface area contributed by atoms with Crippen LogP contribution in [-0.4, -0.2) is 118 Å². The van der Waals surface area contributed by atoms with Crippen molar-refractivity contribution in [3.8, 4) is 0 Å². The number of rotatable bonds is 10. The molecule has 0 aromatic carbocycles. The number of aliphatic hydroxyl groups is 2. The van der Waals surface area contributed by atoms with Crippen molar-refractivity contribution in [2.45, 2.75) is 81.4 Å². The van der Waals surface area contributed by atoms with Crippen LogP contribution in [0, 0.1) is 0 Å². The van der Waals surface area contributed by atoms with E-state index in [-0.39, 0.29) is 45.7 Å². The minimum atomic E-state index is -4.43. The van der Waals surface area contributed by atoms with Gasteiger partial charge in [0.25, 0.3) is 5.56 Å². The van der Waals surface area contributed by atoms with Gasteiger partial charge in [0.2, 0.25) is 11.7 Å². The molecular weight excluding hydrogens is 708 g/mol. The molecule has 0 radical (unpaired) electrons. The summed E-state index contributed by atoms with van der Waals surface area (Å²) >= 11 is 5.46. The van der Waals surface area contributed by atoms with Crippen LogP contribution in [0.25, 0.3) is 22.3 Å². The summed E-state index contributed by atoms with van der Waals surface area (Å²) < 4.78 is 48.1. The molecule has 0 spiro atoms. The molecule has 2 fully saturated rings. The third-order valence-electron chi connectivity index (χ3n) is 9.03. The summed E-state index contributed by atoms with van der Waals surface area (Å²) in [7, 11) is -2.69. The van der Waals surface area contributed by atoms with Crippen molar-refractivity contribution in [3.63, 3.8) is 0 Å². The standard InChI is InChI=1S/C25H37FN11O9PSSi/c1-24(2,3)49(4,5)45-17-11(6-38)42-8-25(17,36-10-31-15-20(36)32-23(28)33-21(15)40)46-47(41,48)43-7-12-16(39)13(26)22(44-12)37-19-14(34-35-37)18(27)29-9-30-19/h9-13,16-17,22,38-39H,6-8H2,1-5H3,(H,41,48)(H2,27,29,30)(H3,28,32,33,40)/t11-,12-,13+,16-,17?,22-,25+,47?/m1/s1. The Morgan fingerprint density at radius 3 is 2.65 bits per heavy atom. The normalized spacial score (nSPS) is 29.2. The molecule has 49 heavy (non-hydrogen) atoms. The second-order valence-corrected chi connectivity index (χ2v) is 20.8. The number of halogens is 1. The minimum absolute atomic E-state index is 0.0143. The first-order valence-electron chi connectivity index (χ1n) is 15.0. The number of hydrogen-bond acceptors (Lipinski definition) is 17. The van der Waals surface area contributed by atoms with Crippen LogP contribution in [0.5, 0.6) is 0 Å². The molecule has 0 amide bonds. The van der Waals surface area contributed by atoms with E-state index in [1.807, 2.05) is 33.9 Å². The van der Waals surface area contributed by atoms with Gasteiger partial charge < -0.3 is 45.0 Å². The maximum Gasteiger partial charge on any atom is 0.326 e. The SMILES string of the molecule is CC(C)(C)[Si](C)(C)OC1[C@@H](CO)OC[C@@]1(OP(O)(=S)OC[C@H]1O[C@@H](n2nnc3c(N)ncnc32)[C@@H](F)[C@@H]1O)n1cnc2c(=O)[nH]c(N)nc21. The highest BCUT2D eigenvalue weighted by Crippen LogP contribution is 2.55. The molecule has 0 aliphatic carbocycles. The summed E-state index contributed by atoms with van der Waals surface area (Å²) in [5, 5.41) is 28.5. The van der Waals surface area contributed by atoms with E-state index in [1.165, 1.54) is 10.9 Å². The van der Waals surface area contributed by atoms with Crippen molar-refractivity contribution in [3.05, 3.63) is 23.0 Å². The molecular formula is C25H37FN11O9PSSi. The first-order chi connectivity index (χ1) is 22.9. The molecule has 8 atom stereocenters. The van der Waals surface area contributed by atoms with Gasteiger partial charge in [-0.05, 0) is 29.9 Å². The maximum atomic E-state index is 15.4. The largest absolute Gasteiger partial charge is 0.406 e. The zero-order valence-corrected chi connectivity index (χ0v) is 29.7. The van der Waals surface area contributed by atoms with Crippen molar-refractivity contribution >= 4 is 60.9 Å². The molecule has 2 aliphatic heterocycles. The van der Waals surface area contributed by atoms with E-state index >= 15 is 4.39 Å². The monoisotopic (exact) mass is 745 g/mol. The highest BCUT2D eigenvalue weighted by atomic mass is 32.5. The fourth-order valence-corrected chi connectivity index (χ4v) is 8.34. The van der Waals surface area contributed by atoms with Gasteiger partial charge in [-0.1, -0.05) is 26.0 Å². The molecule has 24 heteroatoms. The van der Waals surface area contributed by atoms with E-state index in [0.717, 1.165) is 11.0 Å². The van der Waals surface area contributed by atoms with Gasteiger partial charge in [0.15, 0.2) is 48.9 Å². The van der Waals surface area contributed by atoms with E-state index < -0.39 is 76.3 Å². The van der Waals surface area contributed by atoms with E-state index in [9.17, 15) is 19.9 Å². The van der Waals surface area contributed by atoms with Gasteiger partial charge in [0.05, 0.1) is 26.1 Å². The second kappa shape index (κ2) is 12.6. The summed E-state index contributed by atoms with van der Waals surface area (Å²) in [4.78, 5) is 43.0. The predicted molar refractivity (Wildman–Crippen MR) is 175 cm³/mol. The number of nitrogens with one attached hydrogen (secondary N) is 1. The van der Waals surface area contributed by atoms with Crippen LogP contribution < -0.4 is 17.0 Å². The number of hydrogen-bond donors (Lipinski definition) is 6. The van der Waals surface area contributed by atoms with Crippen LogP contribution in [0.3, 0.4) is 0 Å². The number of aromatic nitrogens is 9. The first kappa shape index (κ1) is 35.7. The van der Waals surface area contributed by atoms with Crippen molar-refractivity contribution < 1.29 is 42.4 Å². The lowest BCUT2D eigenvalue weighted by atomic mass is 10.1. The number of alkyl halides is 1. The molecule has 2 saturated heterocycles. The number of H-pyrrole nitrogens is 1. The summed E-state index contributed by atoms with van der Waals surface area (Å²) in [6, 6.07) is 0. The summed E-state index contributed by atoms with van der Waals surface area (Å²) in [6.07, 6.45) is -6.42. The maximum absolute atomic E-state index is 15.4. The third-order valence-corrected chi connectivity index (χ3v) is 15.0. The van der Waals surface area contributed by atoms with E-state index in [1.54, 1.807) is 0 Å². The summed E-state index contributed by atoms with van der Waals surface area (Å²) in [5.41, 5.74) is 9.13. The number of nitrogen functional groups attached to an aromatic ring is 2. The Hall–Kier alpha value is -3.09. The zero-order valence-electron chi connectivity index (χ0n) is 27.0. The van der Waals surface area contributed by atoms with Gasteiger partial charge in [-0.25, -0.2) is 19.3 Å². The van der Waals surface area contributed by atoms with Gasteiger partial charge >= 0.3 is 6.72 Å². The number of fused-ring (bicyclic) bond motifs is 2. The average molecular weight is 746 g/mol. The van der Waals surface area contributed by atoms with Crippen LogP contribution in [0.15, 0.2) is 17.4 Å². The molecule has 6 rings (SSSR count). The Kier molecular flexibility index (Phi) is 9.18. The van der Waals surface area contributed by atoms with Crippen LogP contribution in [0.1, 0.15) is 27.0 Å². The first-order valence-corrected chi connectivity index (χ1v) is 20.5. The third kappa shape index (κ3) is 6.26. The Bertz CT molecular complexity index is 1980. The molecule has 6 heterocycles. The number of ether oxygens (including phenoxy) is 2. The molecule has 2 aliphatic rings. The molecule has 0 saturated carbocycles. The highest BCUT2D eigenvalue weighted by Gasteiger charge is 2.59. The Labute approximate surface area is 283 Å². The molecule has 4 aromatic rings. The zero-order chi connectivity index (χ0) is 35.7. The minimum Gasteiger partial charge on any atom is -0.406 e. The van der Waals surface area contributed by atoms with Crippen molar-refractivity contribution in [2.75, 3.05) is 31.3 Å². The number of imidazole rings is 1. The smallest absolute Gasteiger partial charge is 0.326 e. The van der Waals surface area contributed by atoms with Crippen LogP contribution >= 0.6 is 6.72 Å². The lowest BCUT2D eigenvalue weighted by Crippen LogP contribution is -2.56. The molecule has 268 valence electrons. The van der Waals surface area contributed by atoms with Crippen LogP contribution in [0.2, 0.25) is 18.1 Å². The van der Waals surface area contributed by atoms with E-state index in [4.69, 9.17) is 46.2 Å². The molecule has 0 bridgehead atoms. The van der Waals surface area contributed by atoms with Gasteiger partial charge in [-0.3, -0.25) is 18.9 Å². The molecule has 8 N–H and O–H groups in total. The van der Waals surface area contributed by atoms with Crippen molar-refractivity contribution in [2.24, 2.45) is 0 Å². The number of anilines is 2. The van der Waals surface area contributed by atoms with Crippen LogP contribution in [0.4, 0.5) is 16.2 Å². The lowest BCUT2D eigenvalue weighted by Gasteiger charge is -2.44. The number of aliphatic hydroxyl groups excluding tert-OH is 2. The number of nitrogens with two attached hydrogens (primary N) is 2. The van der Waals surface area contributed by atoms with Crippen molar-refractivity contribution in [1.82, 2.24) is 44.5 Å². The summed E-state index contributed by atoms with van der Waals surface area (Å²) in [6.45, 7) is 3.97. The quantitative estimate of drug-likeness (QED) is 0.0905. The molecule has 4 aromatic heterocycles. The molecule has 20 nitrogen and oxygen atoms in total. The van der Waals surface area contributed by atoms with Gasteiger partial charge in [-0.15, -0.1) is 5.10 Å².